The van der Waals surface area contributed by atoms with Crippen molar-refractivity contribution in [1.29, 1.82) is 5.41 Å². The molecule has 2 N–H and O–H groups in total. The van der Waals surface area contributed by atoms with Gasteiger partial charge < -0.3 is 9.94 Å². The Kier molecular flexibility index (Phi) is 7.31. The minimum absolute atomic E-state index is 0.0584. The topological polar surface area (TPSA) is 71.1 Å². The lowest BCUT2D eigenvalue weighted by molar-refractivity contribution is 0.152. The van der Waals surface area contributed by atoms with Crippen LogP contribution in [0.3, 0.4) is 0 Å². The Morgan fingerprint density at radius 2 is 1.79 bits per heavy atom. The van der Waals surface area contributed by atoms with Crippen LogP contribution >= 0.6 is 15.9 Å². The first-order valence-corrected chi connectivity index (χ1v) is 9.21. The molecule has 0 unspecified atom stereocenters. The average Bonchev–Trinajstić information content (AvgIpc) is 2.60. The zero-order valence-corrected chi connectivity index (χ0v) is 15.6. The standard InChI is InChI=1S/C18H24BrN3O2/c1-2-3-4-5-6-10-13-15-21-18(16(19)17(20)22(15)23)24-14-11-8-7-9-12-14/h7-9,11-12,20,23H,2-6,10,13H2,1H3. The Balaban J connectivity index is 2.07. The van der Waals surface area contributed by atoms with Gasteiger partial charge in [-0.15, -0.1) is 0 Å². The number of benzene rings is 1. The lowest BCUT2D eigenvalue weighted by Crippen LogP contribution is -2.24. The highest BCUT2D eigenvalue weighted by Crippen LogP contribution is 2.25. The van der Waals surface area contributed by atoms with Crippen LogP contribution in [0.5, 0.6) is 11.6 Å². The van der Waals surface area contributed by atoms with E-state index in [1.165, 1.54) is 25.7 Å². The summed E-state index contributed by atoms with van der Waals surface area (Å²) in [6.45, 7) is 2.20. The second kappa shape index (κ2) is 9.47. The highest BCUT2D eigenvalue weighted by Gasteiger charge is 2.14. The maximum atomic E-state index is 10.1. The fourth-order valence-electron chi connectivity index (χ4n) is 2.43. The highest BCUT2D eigenvalue weighted by atomic mass is 79.9. The number of ether oxygens (including phenoxy) is 1. The van der Waals surface area contributed by atoms with Crippen LogP contribution < -0.4 is 10.2 Å². The minimum atomic E-state index is -0.0584. The Hall–Kier alpha value is -1.82. The molecule has 0 saturated carbocycles. The normalized spacial score (nSPS) is 10.8. The van der Waals surface area contributed by atoms with E-state index in [1.807, 2.05) is 30.3 Å². The van der Waals surface area contributed by atoms with Crippen LogP contribution in [0.25, 0.3) is 0 Å². The molecule has 130 valence electrons. The fraction of sp³-hybridized carbons (Fsp3) is 0.444. The van der Waals surface area contributed by atoms with Crippen molar-refractivity contribution in [2.75, 3.05) is 0 Å². The predicted octanol–water partition coefficient (Wildman–Crippen LogP) is 5.06. The summed E-state index contributed by atoms with van der Waals surface area (Å²) in [5.41, 5.74) is -0.0584. The maximum Gasteiger partial charge on any atom is 0.239 e. The van der Waals surface area contributed by atoms with E-state index in [0.717, 1.165) is 17.6 Å². The molecular formula is C18H24BrN3O2. The van der Waals surface area contributed by atoms with Crippen LogP contribution in [0.2, 0.25) is 0 Å². The quantitative estimate of drug-likeness (QED) is 0.461. The Labute approximate surface area is 150 Å². The smallest absolute Gasteiger partial charge is 0.239 e. The van der Waals surface area contributed by atoms with Crippen molar-refractivity contribution in [2.24, 2.45) is 0 Å². The monoisotopic (exact) mass is 393 g/mol. The predicted molar refractivity (Wildman–Crippen MR) is 96.6 cm³/mol. The number of nitrogens with zero attached hydrogens (tertiary/aromatic N) is 2. The van der Waals surface area contributed by atoms with Gasteiger partial charge in [0.25, 0.3) is 0 Å². The molecule has 0 saturated heterocycles. The SMILES string of the molecule is CCCCCCCCc1nc(Oc2ccccc2)c(Br)c(=N)n1O. The van der Waals surface area contributed by atoms with Gasteiger partial charge in [0.05, 0.1) is 0 Å². The van der Waals surface area contributed by atoms with Gasteiger partial charge in [-0.2, -0.15) is 9.71 Å². The minimum Gasteiger partial charge on any atom is -0.438 e. The summed E-state index contributed by atoms with van der Waals surface area (Å²) >= 11 is 3.28. The summed E-state index contributed by atoms with van der Waals surface area (Å²) in [7, 11) is 0. The summed E-state index contributed by atoms with van der Waals surface area (Å²) in [5, 5.41) is 18.1. The van der Waals surface area contributed by atoms with Gasteiger partial charge in [0, 0.05) is 6.42 Å². The van der Waals surface area contributed by atoms with Crippen molar-refractivity contribution in [3.63, 3.8) is 0 Å². The van der Waals surface area contributed by atoms with Crippen molar-refractivity contribution in [1.82, 2.24) is 9.71 Å². The van der Waals surface area contributed by atoms with E-state index in [-0.39, 0.29) is 5.49 Å². The highest BCUT2D eigenvalue weighted by molar-refractivity contribution is 9.10. The molecule has 0 amide bonds. The molecule has 1 heterocycles. The van der Waals surface area contributed by atoms with Gasteiger partial charge >= 0.3 is 0 Å². The zero-order valence-electron chi connectivity index (χ0n) is 14.0. The lowest BCUT2D eigenvalue weighted by Gasteiger charge is -2.12. The van der Waals surface area contributed by atoms with Crippen LogP contribution in [0.1, 0.15) is 51.3 Å². The van der Waals surface area contributed by atoms with E-state index in [9.17, 15) is 5.21 Å². The molecule has 0 aliphatic carbocycles. The molecule has 0 bridgehead atoms. The van der Waals surface area contributed by atoms with Crippen molar-refractivity contribution in [3.05, 3.63) is 46.1 Å². The molecule has 1 aromatic heterocycles. The number of rotatable bonds is 9. The van der Waals surface area contributed by atoms with Crippen LogP contribution in [0, 0.1) is 5.41 Å². The molecular weight excluding hydrogens is 370 g/mol. The molecule has 0 aliphatic heterocycles. The summed E-state index contributed by atoms with van der Waals surface area (Å²) in [5.74, 6) is 1.40. The number of nitrogens with one attached hydrogen (secondary N) is 1. The van der Waals surface area contributed by atoms with E-state index in [0.29, 0.717) is 28.3 Å². The molecule has 24 heavy (non-hydrogen) atoms. The lowest BCUT2D eigenvalue weighted by atomic mass is 10.1. The summed E-state index contributed by atoms with van der Waals surface area (Å²) in [6, 6.07) is 9.30. The Morgan fingerprint density at radius 3 is 2.50 bits per heavy atom. The second-order valence-corrected chi connectivity index (χ2v) is 6.53. The summed E-state index contributed by atoms with van der Waals surface area (Å²) < 4.78 is 6.90. The number of aromatic nitrogens is 2. The molecule has 1 aromatic carbocycles. The third-order valence-corrected chi connectivity index (χ3v) is 4.51. The molecule has 0 aliphatic rings. The van der Waals surface area contributed by atoms with Crippen molar-refractivity contribution in [3.8, 4) is 11.6 Å². The van der Waals surface area contributed by atoms with Gasteiger partial charge in [-0.05, 0) is 34.5 Å². The molecule has 0 radical (unpaired) electrons. The molecule has 6 heteroatoms. The maximum absolute atomic E-state index is 10.1. The molecule has 2 rings (SSSR count). The van der Waals surface area contributed by atoms with Gasteiger partial charge in [-0.3, -0.25) is 5.41 Å². The van der Waals surface area contributed by atoms with E-state index in [1.54, 1.807) is 0 Å². The number of para-hydroxylation sites is 1. The first-order valence-electron chi connectivity index (χ1n) is 8.41. The van der Waals surface area contributed by atoms with Crippen molar-refractivity contribution in [2.45, 2.75) is 51.9 Å². The number of halogens is 1. The van der Waals surface area contributed by atoms with E-state index >= 15 is 0 Å². The van der Waals surface area contributed by atoms with Gasteiger partial charge in [0.1, 0.15) is 10.2 Å². The number of hydrogen-bond acceptors (Lipinski definition) is 4. The average molecular weight is 394 g/mol. The van der Waals surface area contributed by atoms with Gasteiger partial charge in [0.2, 0.25) is 5.88 Å². The third-order valence-electron chi connectivity index (χ3n) is 3.79. The van der Waals surface area contributed by atoms with Crippen LogP contribution in [0.15, 0.2) is 34.8 Å². The van der Waals surface area contributed by atoms with E-state index in [2.05, 4.69) is 27.8 Å². The van der Waals surface area contributed by atoms with Crippen LogP contribution in [-0.2, 0) is 6.42 Å². The van der Waals surface area contributed by atoms with Gasteiger partial charge in [0.15, 0.2) is 11.3 Å². The zero-order chi connectivity index (χ0) is 17.4. The number of hydrogen-bond donors (Lipinski definition) is 2. The third kappa shape index (κ3) is 5.09. The number of aryl methyl sites for hydroxylation is 1. The summed E-state index contributed by atoms with van der Waals surface area (Å²) in [4.78, 5) is 4.39. The summed E-state index contributed by atoms with van der Waals surface area (Å²) in [6.07, 6.45) is 7.58. The van der Waals surface area contributed by atoms with E-state index < -0.39 is 0 Å². The fourth-order valence-corrected chi connectivity index (χ4v) is 2.77. The number of unbranched alkanes of at least 4 members (excludes halogenated alkanes) is 5. The van der Waals surface area contributed by atoms with Gasteiger partial charge in [-0.1, -0.05) is 57.2 Å². The van der Waals surface area contributed by atoms with Crippen molar-refractivity contribution >= 4 is 15.9 Å². The van der Waals surface area contributed by atoms with E-state index in [4.69, 9.17) is 10.1 Å². The van der Waals surface area contributed by atoms with Crippen LogP contribution in [0.4, 0.5) is 0 Å². The Morgan fingerprint density at radius 1 is 1.12 bits per heavy atom. The molecule has 0 atom stereocenters. The Bertz CT molecular complexity index is 701. The molecule has 0 fully saturated rings. The largest absolute Gasteiger partial charge is 0.438 e. The molecule has 0 spiro atoms. The molecule has 2 aromatic rings. The first-order chi connectivity index (χ1) is 11.6. The van der Waals surface area contributed by atoms with Crippen molar-refractivity contribution < 1.29 is 9.94 Å². The second-order valence-electron chi connectivity index (χ2n) is 5.74. The molecule has 5 nitrogen and oxygen atoms in total. The first kappa shape index (κ1) is 18.5. The van der Waals surface area contributed by atoms with Crippen LogP contribution in [-0.4, -0.2) is 14.9 Å². The van der Waals surface area contributed by atoms with Gasteiger partial charge in [-0.25, -0.2) is 0 Å².